The number of hydrogen-bond acceptors (Lipinski definition) is 3. The highest BCUT2D eigenvalue weighted by Crippen LogP contribution is 2.54. The number of fused-ring (bicyclic) bond motifs is 1. The van der Waals surface area contributed by atoms with Crippen LogP contribution in [0.3, 0.4) is 0 Å². The third-order valence-electron chi connectivity index (χ3n) is 4.69. The van der Waals surface area contributed by atoms with E-state index in [4.69, 9.17) is 5.11 Å². The first-order valence-electron chi connectivity index (χ1n) is 6.90. The molecule has 0 aromatic rings. The van der Waals surface area contributed by atoms with E-state index >= 15 is 0 Å². The fraction of sp³-hybridized carbons (Fsp3) is 0.923. The van der Waals surface area contributed by atoms with Crippen LogP contribution in [0, 0.1) is 17.8 Å². The second kappa shape index (κ2) is 4.58. The van der Waals surface area contributed by atoms with E-state index in [0.29, 0.717) is 11.8 Å². The van der Waals surface area contributed by atoms with Gasteiger partial charge in [-0.25, -0.2) is 0 Å². The van der Waals surface area contributed by atoms with E-state index in [1.54, 1.807) is 0 Å². The van der Waals surface area contributed by atoms with E-state index in [0.717, 1.165) is 57.4 Å². The van der Waals surface area contributed by atoms with Crippen molar-refractivity contribution >= 4 is 5.91 Å². The van der Waals surface area contributed by atoms with E-state index < -0.39 is 0 Å². The van der Waals surface area contributed by atoms with Gasteiger partial charge in [-0.3, -0.25) is 9.69 Å². The Morgan fingerprint density at radius 2 is 1.71 bits per heavy atom. The van der Waals surface area contributed by atoms with Gasteiger partial charge in [0.15, 0.2) is 0 Å². The summed E-state index contributed by atoms with van der Waals surface area (Å²) in [7, 11) is 0. The molecule has 4 heteroatoms. The third-order valence-corrected chi connectivity index (χ3v) is 4.69. The number of aliphatic hydroxyl groups excluding tert-OH is 1. The van der Waals surface area contributed by atoms with Crippen LogP contribution in [0.2, 0.25) is 0 Å². The summed E-state index contributed by atoms with van der Waals surface area (Å²) in [4.78, 5) is 16.6. The largest absolute Gasteiger partial charge is 0.395 e. The lowest BCUT2D eigenvalue weighted by molar-refractivity contribution is -0.137. The molecule has 0 spiro atoms. The first-order valence-corrected chi connectivity index (χ1v) is 6.90. The number of hydrogen-bond donors (Lipinski definition) is 1. The molecular weight excluding hydrogens is 216 g/mol. The van der Waals surface area contributed by atoms with Crippen molar-refractivity contribution in [1.82, 2.24) is 9.80 Å². The molecule has 96 valence electrons. The quantitative estimate of drug-likeness (QED) is 0.762. The molecular formula is C13H22N2O2. The Balaban J connectivity index is 1.47. The Bertz CT molecular complexity index is 290. The van der Waals surface area contributed by atoms with E-state index in [1.807, 2.05) is 4.90 Å². The van der Waals surface area contributed by atoms with Crippen LogP contribution in [-0.2, 0) is 4.79 Å². The summed E-state index contributed by atoms with van der Waals surface area (Å²) in [6.45, 7) is 4.52. The summed E-state index contributed by atoms with van der Waals surface area (Å²) >= 11 is 0. The minimum Gasteiger partial charge on any atom is -0.395 e. The highest BCUT2D eigenvalue weighted by Gasteiger charge is 2.48. The van der Waals surface area contributed by atoms with Gasteiger partial charge in [-0.1, -0.05) is 0 Å². The topological polar surface area (TPSA) is 43.8 Å². The van der Waals surface area contributed by atoms with Gasteiger partial charge in [0.2, 0.25) is 5.91 Å². The van der Waals surface area contributed by atoms with Gasteiger partial charge in [-0.05, 0) is 31.1 Å². The minimum atomic E-state index is 0.222. The van der Waals surface area contributed by atoms with Crippen molar-refractivity contribution in [3.63, 3.8) is 0 Å². The molecule has 1 aliphatic heterocycles. The van der Waals surface area contributed by atoms with Crippen molar-refractivity contribution < 1.29 is 9.90 Å². The third kappa shape index (κ3) is 2.33. The maximum atomic E-state index is 12.3. The first kappa shape index (κ1) is 11.5. The van der Waals surface area contributed by atoms with Crippen molar-refractivity contribution in [2.45, 2.75) is 19.3 Å². The standard InChI is InChI=1S/C13H22N2O2/c16-6-5-14-1-3-15(4-2-14)13(17)12-8-10-7-11(10)9-12/h10-12,16H,1-9H2. The maximum Gasteiger partial charge on any atom is 0.225 e. The highest BCUT2D eigenvalue weighted by molar-refractivity contribution is 5.79. The van der Waals surface area contributed by atoms with E-state index in [2.05, 4.69) is 4.90 Å². The predicted molar refractivity (Wildman–Crippen MR) is 64.4 cm³/mol. The lowest BCUT2D eigenvalue weighted by Crippen LogP contribution is -2.50. The molecule has 1 N–H and O–H groups in total. The molecule has 17 heavy (non-hydrogen) atoms. The van der Waals surface area contributed by atoms with Gasteiger partial charge in [0.25, 0.3) is 0 Å². The SMILES string of the molecule is O=C(C1CC2CC2C1)N1CCN(CCO)CC1. The van der Waals surface area contributed by atoms with Crippen LogP contribution in [0.5, 0.6) is 0 Å². The van der Waals surface area contributed by atoms with Crippen LogP contribution in [0.4, 0.5) is 0 Å². The molecule has 3 rings (SSSR count). The summed E-state index contributed by atoms with van der Waals surface area (Å²) in [5, 5.41) is 8.88. The van der Waals surface area contributed by atoms with Crippen LogP contribution in [0.25, 0.3) is 0 Å². The van der Waals surface area contributed by atoms with Crippen LogP contribution >= 0.6 is 0 Å². The Kier molecular flexibility index (Phi) is 3.09. The molecule has 0 radical (unpaired) electrons. The lowest BCUT2D eigenvalue weighted by atomic mass is 10.0. The number of piperazine rings is 1. The van der Waals surface area contributed by atoms with Crippen LogP contribution in [-0.4, -0.2) is 60.1 Å². The molecule has 3 aliphatic rings. The minimum absolute atomic E-state index is 0.222. The number of rotatable bonds is 3. The highest BCUT2D eigenvalue weighted by atomic mass is 16.3. The fourth-order valence-corrected chi connectivity index (χ4v) is 3.51. The monoisotopic (exact) mass is 238 g/mol. The molecule has 2 unspecified atom stereocenters. The fourth-order valence-electron chi connectivity index (χ4n) is 3.51. The predicted octanol–water partition coefficient (Wildman–Crippen LogP) is 0.169. The molecule has 0 bridgehead atoms. The molecule has 0 aromatic carbocycles. The van der Waals surface area contributed by atoms with Gasteiger partial charge < -0.3 is 10.0 Å². The molecule has 1 saturated heterocycles. The Labute approximate surface area is 103 Å². The Morgan fingerprint density at radius 3 is 2.29 bits per heavy atom. The lowest BCUT2D eigenvalue weighted by Gasteiger charge is -2.35. The number of β-amino-alcohol motifs (C(OH)–C–C–N with tert-alkyl or cyclic N) is 1. The number of carbonyl (C=O) groups excluding carboxylic acids is 1. The van der Waals surface area contributed by atoms with Crippen molar-refractivity contribution in [3.05, 3.63) is 0 Å². The maximum absolute atomic E-state index is 12.3. The average molecular weight is 238 g/mol. The van der Waals surface area contributed by atoms with Gasteiger partial charge in [-0.15, -0.1) is 0 Å². The van der Waals surface area contributed by atoms with Crippen LogP contribution in [0.1, 0.15) is 19.3 Å². The molecule has 1 heterocycles. The van der Waals surface area contributed by atoms with Crippen molar-refractivity contribution in [2.75, 3.05) is 39.3 Å². The zero-order chi connectivity index (χ0) is 11.8. The molecule has 0 aromatic heterocycles. The van der Waals surface area contributed by atoms with Gasteiger partial charge >= 0.3 is 0 Å². The molecule has 2 aliphatic carbocycles. The van der Waals surface area contributed by atoms with E-state index in [9.17, 15) is 4.79 Å². The summed E-state index contributed by atoms with van der Waals surface area (Å²) < 4.78 is 0. The van der Waals surface area contributed by atoms with E-state index in [1.165, 1.54) is 6.42 Å². The summed E-state index contributed by atoms with van der Waals surface area (Å²) in [5.74, 6) is 2.52. The van der Waals surface area contributed by atoms with Gasteiger partial charge in [0.05, 0.1) is 6.61 Å². The molecule has 4 nitrogen and oxygen atoms in total. The molecule has 3 fully saturated rings. The molecule has 2 atom stereocenters. The number of nitrogens with zero attached hydrogens (tertiary/aromatic N) is 2. The number of amides is 1. The summed E-state index contributed by atoms with van der Waals surface area (Å²) in [6.07, 6.45) is 3.69. The zero-order valence-electron chi connectivity index (χ0n) is 10.3. The molecule has 1 amide bonds. The zero-order valence-corrected chi connectivity index (χ0v) is 10.3. The number of carbonyl (C=O) groups is 1. The Morgan fingerprint density at radius 1 is 1.06 bits per heavy atom. The van der Waals surface area contributed by atoms with Gasteiger partial charge in [0, 0.05) is 38.6 Å². The van der Waals surface area contributed by atoms with Gasteiger partial charge in [-0.2, -0.15) is 0 Å². The van der Waals surface area contributed by atoms with Crippen molar-refractivity contribution in [3.8, 4) is 0 Å². The summed E-state index contributed by atoms with van der Waals surface area (Å²) in [6, 6.07) is 0. The second-order valence-corrected chi connectivity index (χ2v) is 5.81. The number of aliphatic hydroxyl groups is 1. The normalized spacial score (nSPS) is 37.0. The first-order chi connectivity index (χ1) is 8.28. The van der Waals surface area contributed by atoms with Gasteiger partial charge in [0.1, 0.15) is 0 Å². The van der Waals surface area contributed by atoms with Crippen molar-refractivity contribution in [2.24, 2.45) is 17.8 Å². The van der Waals surface area contributed by atoms with Crippen LogP contribution < -0.4 is 0 Å². The Hall–Kier alpha value is -0.610. The second-order valence-electron chi connectivity index (χ2n) is 5.81. The van der Waals surface area contributed by atoms with Crippen molar-refractivity contribution in [1.29, 1.82) is 0 Å². The van der Waals surface area contributed by atoms with E-state index in [-0.39, 0.29) is 6.61 Å². The van der Waals surface area contributed by atoms with Crippen LogP contribution in [0.15, 0.2) is 0 Å². The average Bonchev–Trinajstić information content (AvgIpc) is 2.97. The summed E-state index contributed by atoms with van der Waals surface area (Å²) in [5.41, 5.74) is 0. The smallest absolute Gasteiger partial charge is 0.225 e. The molecule has 2 saturated carbocycles.